The Morgan fingerprint density at radius 2 is 2.14 bits per heavy atom. The first kappa shape index (κ1) is 16.8. The molecule has 0 radical (unpaired) electrons. The monoisotopic (exact) mass is 310 g/mol. The fraction of sp³-hybridized carbons (Fsp3) is 0.875. The Balaban J connectivity index is 1.87. The zero-order chi connectivity index (χ0) is 15.1. The van der Waals surface area contributed by atoms with Gasteiger partial charge in [-0.25, -0.2) is 9.67 Å². The summed E-state index contributed by atoms with van der Waals surface area (Å²) >= 11 is 2.15. The molecule has 1 fully saturated rings. The predicted octanol–water partition coefficient (Wildman–Crippen LogP) is 3.13. The summed E-state index contributed by atoms with van der Waals surface area (Å²) in [5.74, 6) is 2.92. The lowest BCUT2D eigenvalue weighted by Gasteiger charge is -2.20. The standard InChI is InChI=1S/C16H30N4S/c1-4-17-14(11-21-15-7-5-6-8-15)9-16-18-12-19-20(16)10-13(2)3/h12-15,17H,4-11H2,1-3H3. The van der Waals surface area contributed by atoms with Gasteiger partial charge in [-0.1, -0.05) is 33.6 Å². The van der Waals surface area contributed by atoms with Gasteiger partial charge >= 0.3 is 0 Å². The molecule has 1 atom stereocenters. The molecule has 0 bridgehead atoms. The van der Waals surface area contributed by atoms with E-state index in [1.807, 2.05) is 0 Å². The summed E-state index contributed by atoms with van der Waals surface area (Å²) < 4.78 is 2.08. The lowest BCUT2D eigenvalue weighted by Crippen LogP contribution is -2.35. The van der Waals surface area contributed by atoms with Crippen LogP contribution in [0.4, 0.5) is 0 Å². The highest BCUT2D eigenvalue weighted by Gasteiger charge is 2.19. The molecule has 4 nitrogen and oxygen atoms in total. The molecule has 1 aliphatic carbocycles. The van der Waals surface area contributed by atoms with Gasteiger partial charge in [0.05, 0.1) is 0 Å². The van der Waals surface area contributed by atoms with E-state index in [4.69, 9.17) is 0 Å². The maximum absolute atomic E-state index is 4.47. The van der Waals surface area contributed by atoms with Gasteiger partial charge in [-0.2, -0.15) is 16.9 Å². The topological polar surface area (TPSA) is 42.7 Å². The van der Waals surface area contributed by atoms with Crippen LogP contribution < -0.4 is 5.32 Å². The predicted molar refractivity (Wildman–Crippen MR) is 90.7 cm³/mol. The average molecular weight is 311 g/mol. The van der Waals surface area contributed by atoms with Crippen molar-refractivity contribution in [3.05, 3.63) is 12.2 Å². The molecule has 1 saturated carbocycles. The van der Waals surface area contributed by atoms with Gasteiger partial charge in [0.1, 0.15) is 12.2 Å². The van der Waals surface area contributed by atoms with Crippen LogP contribution in [0.15, 0.2) is 6.33 Å². The van der Waals surface area contributed by atoms with Crippen LogP contribution in [0.1, 0.15) is 52.3 Å². The largest absolute Gasteiger partial charge is 0.313 e. The van der Waals surface area contributed by atoms with Crippen molar-refractivity contribution < 1.29 is 0 Å². The minimum absolute atomic E-state index is 0.510. The molecular formula is C16H30N4S. The average Bonchev–Trinajstić information content (AvgIpc) is 3.08. The Bertz CT molecular complexity index is 399. The highest BCUT2D eigenvalue weighted by molar-refractivity contribution is 7.99. The Labute approximate surface area is 133 Å². The smallest absolute Gasteiger partial charge is 0.138 e. The van der Waals surface area contributed by atoms with Crippen molar-refractivity contribution in [3.63, 3.8) is 0 Å². The van der Waals surface area contributed by atoms with Gasteiger partial charge in [0, 0.05) is 30.0 Å². The van der Waals surface area contributed by atoms with Crippen LogP contribution in [0.3, 0.4) is 0 Å². The first-order valence-corrected chi connectivity index (χ1v) is 9.45. The Hall–Kier alpha value is -0.550. The zero-order valence-corrected chi connectivity index (χ0v) is 14.5. The summed E-state index contributed by atoms with van der Waals surface area (Å²) in [7, 11) is 0. The van der Waals surface area contributed by atoms with Crippen LogP contribution in [0.5, 0.6) is 0 Å². The molecule has 1 aliphatic rings. The lowest BCUT2D eigenvalue weighted by molar-refractivity contribution is 0.451. The number of likely N-dealkylation sites (N-methyl/N-ethyl adjacent to an activating group) is 1. The van der Waals surface area contributed by atoms with Crippen molar-refractivity contribution in [2.45, 2.75) is 70.7 Å². The van der Waals surface area contributed by atoms with Gasteiger partial charge in [-0.3, -0.25) is 0 Å². The second-order valence-corrected chi connectivity index (χ2v) is 7.78. The minimum Gasteiger partial charge on any atom is -0.313 e. The van der Waals surface area contributed by atoms with E-state index in [1.165, 1.54) is 31.4 Å². The third-order valence-electron chi connectivity index (χ3n) is 3.99. The van der Waals surface area contributed by atoms with Crippen molar-refractivity contribution in [3.8, 4) is 0 Å². The quantitative estimate of drug-likeness (QED) is 0.761. The molecule has 0 aliphatic heterocycles. The summed E-state index contributed by atoms with van der Waals surface area (Å²) in [6.45, 7) is 8.62. The van der Waals surface area contributed by atoms with Crippen LogP contribution in [0.2, 0.25) is 0 Å². The highest BCUT2D eigenvalue weighted by atomic mass is 32.2. The van der Waals surface area contributed by atoms with Gasteiger partial charge < -0.3 is 5.32 Å². The molecule has 2 rings (SSSR count). The molecule has 1 aromatic heterocycles. The van der Waals surface area contributed by atoms with Crippen LogP contribution in [-0.4, -0.2) is 38.4 Å². The van der Waals surface area contributed by atoms with E-state index in [0.717, 1.165) is 30.6 Å². The molecule has 1 heterocycles. The third kappa shape index (κ3) is 5.62. The number of rotatable bonds is 9. The fourth-order valence-electron chi connectivity index (χ4n) is 2.95. The highest BCUT2D eigenvalue weighted by Crippen LogP contribution is 2.29. The van der Waals surface area contributed by atoms with Crippen molar-refractivity contribution in [2.75, 3.05) is 12.3 Å². The van der Waals surface area contributed by atoms with E-state index >= 15 is 0 Å². The molecule has 1 aromatic rings. The summed E-state index contributed by atoms with van der Waals surface area (Å²) in [5.41, 5.74) is 0. The maximum atomic E-state index is 4.47. The van der Waals surface area contributed by atoms with Gasteiger partial charge in [0.2, 0.25) is 0 Å². The molecule has 0 spiro atoms. The summed E-state index contributed by atoms with van der Waals surface area (Å²) in [6.07, 6.45) is 8.35. The number of aromatic nitrogens is 3. The van der Waals surface area contributed by atoms with Gasteiger partial charge in [0.15, 0.2) is 0 Å². The molecule has 120 valence electrons. The molecule has 0 saturated heterocycles. The molecule has 0 aromatic carbocycles. The van der Waals surface area contributed by atoms with E-state index in [1.54, 1.807) is 6.33 Å². The van der Waals surface area contributed by atoms with Crippen molar-refractivity contribution in [2.24, 2.45) is 5.92 Å². The lowest BCUT2D eigenvalue weighted by atomic mass is 10.2. The van der Waals surface area contributed by atoms with E-state index < -0.39 is 0 Å². The summed E-state index contributed by atoms with van der Waals surface area (Å²) in [4.78, 5) is 4.47. The Kier molecular flexibility index (Phi) is 7.04. The molecule has 21 heavy (non-hydrogen) atoms. The zero-order valence-electron chi connectivity index (χ0n) is 13.7. The normalized spacial score (nSPS) is 17.7. The van der Waals surface area contributed by atoms with E-state index in [0.29, 0.717) is 12.0 Å². The van der Waals surface area contributed by atoms with E-state index in [9.17, 15) is 0 Å². The van der Waals surface area contributed by atoms with Gasteiger partial charge in [-0.15, -0.1) is 0 Å². The van der Waals surface area contributed by atoms with Crippen molar-refractivity contribution >= 4 is 11.8 Å². The number of nitrogens with one attached hydrogen (secondary N) is 1. The first-order chi connectivity index (χ1) is 10.2. The van der Waals surface area contributed by atoms with Crippen LogP contribution >= 0.6 is 11.8 Å². The number of hydrogen-bond acceptors (Lipinski definition) is 4. The summed E-state index contributed by atoms with van der Waals surface area (Å²) in [5, 5.41) is 8.89. The Morgan fingerprint density at radius 1 is 1.38 bits per heavy atom. The molecule has 0 amide bonds. The number of hydrogen-bond donors (Lipinski definition) is 1. The second kappa shape index (κ2) is 8.79. The van der Waals surface area contributed by atoms with E-state index in [2.05, 4.69) is 52.6 Å². The maximum Gasteiger partial charge on any atom is 0.138 e. The van der Waals surface area contributed by atoms with E-state index in [-0.39, 0.29) is 0 Å². The third-order valence-corrected chi connectivity index (χ3v) is 5.53. The van der Waals surface area contributed by atoms with Crippen LogP contribution in [-0.2, 0) is 13.0 Å². The summed E-state index contributed by atoms with van der Waals surface area (Å²) in [6, 6.07) is 0.510. The molecule has 5 heteroatoms. The van der Waals surface area contributed by atoms with Crippen LogP contribution in [0, 0.1) is 5.92 Å². The Morgan fingerprint density at radius 3 is 2.81 bits per heavy atom. The fourth-order valence-corrected chi connectivity index (χ4v) is 4.36. The van der Waals surface area contributed by atoms with Gasteiger partial charge in [-0.05, 0) is 25.3 Å². The van der Waals surface area contributed by atoms with Gasteiger partial charge in [0.25, 0.3) is 0 Å². The second-order valence-electron chi connectivity index (χ2n) is 6.45. The first-order valence-electron chi connectivity index (χ1n) is 8.40. The number of thioether (sulfide) groups is 1. The van der Waals surface area contributed by atoms with Crippen molar-refractivity contribution in [1.82, 2.24) is 20.1 Å². The molecular weight excluding hydrogens is 280 g/mol. The molecule has 1 unspecified atom stereocenters. The SMILES string of the molecule is CCNC(CSC1CCCC1)Cc1ncnn1CC(C)C. The van der Waals surface area contributed by atoms with Crippen molar-refractivity contribution in [1.29, 1.82) is 0 Å². The number of nitrogens with zero attached hydrogens (tertiary/aromatic N) is 3. The molecule has 1 N–H and O–H groups in total. The van der Waals surface area contributed by atoms with Crippen LogP contribution in [0.25, 0.3) is 0 Å². The minimum atomic E-state index is 0.510.